The summed E-state index contributed by atoms with van der Waals surface area (Å²) in [6, 6.07) is 3.80. The van der Waals surface area contributed by atoms with E-state index in [0.717, 1.165) is 32.0 Å². The Balaban J connectivity index is 2.52. The Kier molecular flexibility index (Phi) is 2.49. The van der Waals surface area contributed by atoms with Crippen molar-refractivity contribution in [1.82, 2.24) is 0 Å². The Bertz CT molecular complexity index is 629. The Morgan fingerprint density at radius 2 is 1.82 bits per heavy atom. The molecule has 0 amide bonds. The number of benzene rings is 1. The van der Waals surface area contributed by atoms with E-state index >= 15 is 0 Å². The standard InChI is InChI=1S/C13H11BrO3/c1-7(6-15)10-8-2-4-17-13(8)11(14)9-3-5-16-12(9)10/h2-5,7,15H,6H2,1H3. The van der Waals surface area contributed by atoms with Gasteiger partial charge in [-0.15, -0.1) is 0 Å². The minimum absolute atomic E-state index is 0.0110. The molecular formula is C13H11BrO3. The largest absolute Gasteiger partial charge is 0.464 e. The number of fused-ring (bicyclic) bond motifs is 2. The fraction of sp³-hybridized carbons (Fsp3) is 0.231. The second-order valence-corrected chi connectivity index (χ2v) is 4.93. The summed E-state index contributed by atoms with van der Waals surface area (Å²) in [4.78, 5) is 0. The maximum atomic E-state index is 9.37. The van der Waals surface area contributed by atoms with Crippen LogP contribution in [0.5, 0.6) is 0 Å². The van der Waals surface area contributed by atoms with E-state index in [4.69, 9.17) is 8.83 Å². The maximum Gasteiger partial charge on any atom is 0.149 e. The van der Waals surface area contributed by atoms with Crippen molar-refractivity contribution in [2.45, 2.75) is 12.8 Å². The van der Waals surface area contributed by atoms with Gasteiger partial charge < -0.3 is 13.9 Å². The van der Waals surface area contributed by atoms with Gasteiger partial charge in [-0.05, 0) is 28.1 Å². The van der Waals surface area contributed by atoms with E-state index < -0.39 is 0 Å². The summed E-state index contributed by atoms with van der Waals surface area (Å²) in [5.41, 5.74) is 2.61. The normalized spacial score (nSPS) is 13.6. The molecule has 88 valence electrons. The van der Waals surface area contributed by atoms with Gasteiger partial charge in [0.2, 0.25) is 0 Å². The number of furan rings is 2. The molecule has 4 heteroatoms. The molecule has 17 heavy (non-hydrogen) atoms. The molecule has 0 aliphatic carbocycles. The molecule has 0 bridgehead atoms. The Morgan fingerprint density at radius 1 is 1.18 bits per heavy atom. The van der Waals surface area contributed by atoms with Crippen molar-refractivity contribution in [3.63, 3.8) is 0 Å². The molecule has 2 heterocycles. The van der Waals surface area contributed by atoms with E-state index in [1.54, 1.807) is 12.5 Å². The van der Waals surface area contributed by atoms with Crippen molar-refractivity contribution < 1.29 is 13.9 Å². The van der Waals surface area contributed by atoms with Crippen molar-refractivity contribution in [3.05, 3.63) is 34.7 Å². The Labute approximate surface area is 106 Å². The van der Waals surface area contributed by atoms with E-state index in [9.17, 15) is 5.11 Å². The van der Waals surface area contributed by atoms with Crippen LogP contribution in [0.2, 0.25) is 0 Å². The third-order valence-corrected chi connectivity index (χ3v) is 3.86. The summed E-state index contributed by atoms with van der Waals surface area (Å²) >= 11 is 3.53. The van der Waals surface area contributed by atoms with Crippen LogP contribution in [-0.4, -0.2) is 11.7 Å². The molecule has 0 aliphatic rings. The van der Waals surface area contributed by atoms with Gasteiger partial charge in [-0.2, -0.15) is 0 Å². The van der Waals surface area contributed by atoms with E-state index in [1.807, 2.05) is 19.1 Å². The summed E-state index contributed by atoms with van der Waals surface area (Å²) in [7, 11) is 0. The number of aliphatic hydroxyl groups is 1. The molecule has 0 saturated heterocycles. The van der Waals surface area contributed by atoms with Crippen LogP contribution >= 0.6 is 15.9 Å². The molecule has 1 N–H and O–H groups in total. The summed E-state index contributed by atoms with van der Waals surface area (Å²) in [5, 5.41) is 11.3. The van der Waals surface area contributed by atoms with Crippen LogP contribution in [0.1, 0.15) is 18.4 Å². The summed E-state index contributed by atoms with van der Waals surface area (Å²) in [6.45, 7) is 2.05. The number of halogens is 1. The van der Waals surface area contributed by atoms with Gasteiger partial charge in [0.1, 0.15) is 11.2 Å². The van der Waals surface area contributed by atoms with Crippen molar-refractivity contribution in [3.8, 4) is 0 Å². The molecular weight excluding hydrogens is 284 g/mol. The lowest BCUT2D eigenvalue weighted by Crippen LogP contribution is -2.00. The lowest BCUT2D eigenvalue weighted by molar-refractivity contribution is 0.273. The molecule has 1 unspecified atom stereocenters. The average molecular weight is 295 g/mol. The molecule has 0 spiro atoms. The molecule has 0 radical (unpaired) electrons. The zero-order valence-electron chi connectivity index (χ0n) is 9.24. The highest BCUT2D eigenvalue weighted by atomic mass is 79.9. The first-order valence-electron chi connectivity index (χ1n) is 5.40. The van der Waals surface area contributed by atoms with Gasteiger partial charge >= 0.3 is 0 Å². The lowest BCUT2D eigenvalue weighted by Gasteiger charge is -2.11. The topological polar surface area (TPSA) is 46.5 Å². The predicted molar refractivity (Wildman–Crippen MR) is 69.2 cm³/mol. The van der Waals surface area contributed by atoms with Gasteiger partial charge in [0.25, 0.3) is 0 Å². The van der Waals surface area contributed by atoms with Crippen LogP contribution < -0.4 is 0 Å². The van der Waals surface area contributed by atoms with Crippen LogP contribution in [-0.2, 0) is 0 Å². The highest BCUT2D eigenvalue weighted by molar-refractivity contribution is 9.10. The molecule has 1 atom stereocenters. The molecule has 3 nitrogen and oxygen atoms in total. The van der Waals surface area contributed by atoms with Gasteiger partial charge in [0.15, 0.2) is 0 Å². The van der Waals surface area contributed by atoms with Crippen LogP contribution in [0.3, 0.4) is 0 Å². The van der Waals surface area contributed by atoms with E-state index in [-0.39, 0.29) is 12.5 Å². The van der Waals surface area contributed by atoms with Crippen molar-refractivity contribution in [2.75, 3.05) is 6.61 Å². The zero-order valence-corrected chi connectivity index (χ0v) is 10.8. The van der Waals surface area contributed by atoms with Crippen LogP contribution in [0.25, 0.3) is 21.9 Å². The number of rotatable bonds is 2. The number of hydrogen-bond acceptors (Lipinski definition) is 3. The van der Waals surface area contributed by atoms with E-state index in [0.29, 0.717) is 0 Å². The second-order valence-electron chi connectivity index (χ2n) is 4.14. The Hall–Kier alpha value is -1.26. The zero-order chi connectivity index (χ0) is 12.0. The van der Waals surface area contributed by atoms with Crippen LogP contribution in [0, 0.1) is 0 Å². The minimum Gasteiger partial charge on any atom is -0.464 e. The maximum absolute atomic E-state index is 9.37. The highest BCUT2D eigenvalue weighted by Crippen LogP contribution is 2.40. The van der Waals surface area contributed by atoms with Crippen molar-refractivity contribution in [2.24, 2.45) is 0 Å². The van der Waals surface area contributed by atoms with Crippen molar-refractivity contribution in [1.29, 1.82) is 0 Å². The highest BCUT2D eigenvalue weighted by Gasteiger charge is 2.20. The second kappa shape index (κ2) is 3.89. The first-order valence-corrected chi connectivity index (χ1v) is 6.20. The third kappa shape index (κ3) is 1.44. The summed E-state index contributed by atoms with van der Waals surface area (Å²) < 4.78 is 11.9. The molecule has 0 fully saturated rings. The van der Waals surface area contributed by atoms with Gasteiger partial charge in [-0.3, -0.25) is 0 Å². The van der Waals surface area contributed by atoms with Gasteiger partial charge in [-0.25, -0.2) is 0 Å². The minimum atomic E-state index is 0.0110. The predicted octanol–water partition coefficient (Wildman–Crippen LogP) is 4.04. The Morgan fingerprint density at radius 3 is 2.53 bits per heavy atom. The first kappa shape index (κ1) is 10.9. The van der Waals surface area contributed by atoms with E-state index in [1.165, 1.54) is 0 Å². The third-order valence-electron chi connectivity index (χ3n) is 3.07. The smallest absolute Gasteiger partial charge is 0.149 e. The molecule has 2 aromatic heterocycles. The number of hydrogen-bond donors (Lipinski definition) is 1. The summed E-state index contributed by atoms with van der Waals surface area (Å²) in [5.74, 6) is 0.0110. The number of aliphatic hydroxyl groups excluding tert-OH is 1. The van der Waals surface area contributed by atoms with E-state index in [2.05, 4.69) is 15.9 Å². The molecule has 3 rings (SSSR count). The quantitative estimate of drug-likeness (QED) is 0.776. The van der Waals surface area contributed by atoms with Gasteiger partial charge in [0, 0.05) is 28.9 Å². The van der Waals surface area contributed by atoms with Gasteiger partial charge in [-0.1, -0.05) is 6.92 Å². The van der Waals surface area contributed by atoms with Crippen LogP contribution in [0.15, 0.2) is 38.0 Å². The average Bonchev–Trinajstić information content (AvgIpc) is 2.96. The molecule has 1 aromatic carbocycles. The molecule has 3 aromatic rings. The SMILES string of the molecule is CC(CO)c1c2ccoc2c(Br)c2ccoc12. The fourth-order valence-electron chi connectivity index (χ4n) is 2.21. The molecule has 0 saturated carbocycles. The lowest BCUT2D eigenvalue weighted by atomic mass is 9.96. The van der Waals surface area contributed by atoms with Gasteiger partial charge in [0.05, 0.1) is 17.0 Å². The van der Waals surface area contributed by atoms with Crippen molar-refractivity contribution >= 4 is 37.9 Å². The molecule has 0 aliphatic heterocycles. The summed E-state index contributed by atoms with van der Waals surface area (Å²) in [6.07, 6.45) is 3.31. The monoisotopic (exact) mass is 294 g/mol. The first-order chi connectivity index (χ1) is 8.24. The van der Waals surface area contributed by atoms with Crippen LogP contribution in [0.4, 0.5) is 0 Å². The fourth-order valence-corrected chi connectivity index (χ4v) is 2.83.